The summed E-state index contributed by atoms with van der Waals surface area (Å²) in [5.74, 6) is 0.970. The minimum Gasteiger partial charge on any atom is -0.496 e. The van der Waals surface area contributed by atoms with E-state index in [1.807, 2.05) is 0 Å². The Morgan fingerprint density at radius 3 is 2.59 bits per heavy atom. The number of aryl methyl sites for hydroxylation is 2. The second kappa shape index (κ2) is 6.21. The summed E-state index contributed by atoms with van der Waals surface area (Å²) in [4.78, 5) is 13.5. The molecule has 0 saturated carbocycles. The molecule has 1 aromatic carbocycles. The SMILES string of the molecule is COc1c(C)cc(CCCN=C=O)c(C)c1C. The van der Waals surface area contributed by atoms with Crippen LogP contribution in [0, 0.1) is 20.8 Å². The van der Waals surface area contributed by atoms with Crippen molar-refractivity contribution in [2.45, 2.75) is 33.6 Å². The molecule has 0 heterocycles. The predicted octanol–water partition coefficient (Wildman–Crippen LogP) is 2.89. The normalized spacial score (nSPS) is 9.88. The third kappa shape index (κ3) is 3.18. The van der Waals surface area contributed by atoms with E-state index in [-0.39, 0.29) is 0 Å². The number of rotatable bonds is 5. The molecule has 0 unspecified atom stereocenters. The second-order valence-electron chi connectivity index (χ2n) is 4.21. The van der Waals surface area contributed by atoms with E-state index < -0.39 is 0 Å². The number of benzene rings is 1. The molecule has 0 atom stereocenters. The van der Waals surface area contributed by atoms with Gasteiger partial charge < -0.3 is 4.74 Å². The van der Waals surface area contributed by atoms with E-state index in [0.29, 0.717) is 6.54 Å². The van der Waals surface area contributed by atoms with Gasteiger partial charge in [-0.15, -0.1) is 0 Å². The first-order valence-corrected chi connectivity index (χ1v) is 5.79. The standard InChI is InChI=1S/C14H19NO2/c1-10-8-13(6-5-7-15-9-16)11(2)12(3)14(10)17-4/h8H,5-7H2,1-4H3. The Balaban J connectivity index is 2.90. The fraction of sp³-hybridized carbons (Fsp3) is 0.500. The average molecular weight is 233 g/mol. The number of methoxy groups -OCH3 is 1. The maximum atomic E-state index is 9.97. The van der Waals surface area contributed by atoms with Gasteiger partial charge in [-0.2, -0.15) is 0 Å². The van der Waals surface area contributed by atoms with Crippen LogP contribution in [0.5, 0.6) is 5.75 Å². The highest BCUT2D eigenvalue weighted by atomic mass is 16.5. The average Bonchev–Trinajstić information content (AvgIpc) is 2.31. The monoisotopic (exact) mass is 233 g/mol. The van der Waals surface area contributed by atoms with Crippen LogP contribution in [0.3, 0.4) is 0 Å². The van der Waals surface area contributed by atoms with Gasteiger partial charge in [0.05, 0.1) is 13.7 Å². The summed E-state index contributed by atoms with van der Waals surface area (Å²) in [6.45, 7) is 6.79. The zero-order valence-electron chi connectivity index (χ0n) is 11.0. The molecule has 0 amide bonds. The minimum atomic E-state index is 0.549. The topological polar surface area (TPSA) is 38.7 Å². The Hall–Kier alpha value is -1.60. The van der Waals surface area contributed by atoms with Crippen molar-refractivity contribution in [3.8, 4) is 5.75 Å². The van der Waals surface area contributed by atoms with Crippen LogP contribution in [0.25, 0.3) is 0 Å². The molecular weight excluding hydrogens is 214 g/mol. The Morgan fingerprint density at radius 1 is 1.29 bits per heavy atom. The van der Waals surface area contributed by atoms with Crippen LogP contribution >= 0.6 is 0 Å². The quantitative estimate of drug-likeness (QED) is 0.445. The second-order valence-corrected chi connectivity index (χ2v) is 4.21. The first-order valence-electron chi connectivity index (χ1n) is 5.79. The first-order chi connectivity index (χ1) is 8.11. The van der Waals surface area contributed by atoms with Crippen LogP contribution in [0.15, 0.2) is 11.1 Å². The van der Waals surface area contributed by atoms with Crippen molar-refractivity contribution in [1.82, 2.24) is 0 Å². The van der Waals surface area contributed by atoms with E-state index in [2.05, 4.69) is 31.8 Å². The molecule has 0 aliphatic rings. The van der Waals surface area contributed by atoms with Crippen molar-refractivity contribution < 1.29 is 9.53 Å². The Bertz CT molecular complexity index is 446. The van der Waals surface area contributed by atoms with Gasteiger partial charge >= 0.3 is 0 Å². The van der Waals surface area contributed by atoms with Crippen molar-refractivity contribution in [1.29, 1.82) is 0 Å². The molecule has 1 aromatic rings. The lowest BCUT2D eigenvalue weighted by molar-refractivity contribution is 0.408. The summed E-state index contributed by atoms with van der Waals surface area (Å²) < 4.78 is 5.38. The highest BCUT2D eigenvalue weighted by Gasteiger charge is 2.09. The number of nitrogens with zero attached hydrogens (tertiary/aromatic N) is 1. The molecule has 17 heavy (non-hydrogen) atoms. The zero-order chi connectivity index (χ0) is 12.8. The molecule has 0 spiro atoms. The Kier molecular flexibility index (Phi) is 4.92. The smallest absolute Gasteiger partial charge is 0.234 e. The molecule has 0 bridgehead atoms. The van der Waals surface area contributed by atoms with Gasteiger partial charge in [0, 0.05) is 0 Å². The minimum absolute atomic E-state index is 0.549. The van der Waals surface area contributed by atoms with E-state index >= 15 is 0 Å². The fourth-order valence-corrected chi connectivity index (χ4v) is 2.11. The summed E-state index contributed by atoms with van der Waals surface area (Å²) in [5, 5.41) is 0. The van der Waals surface area contributed by atoms with E-state index in [4.69, 9.17) is 4.74 Å². The van der Waals surface area contributed by atoms with Gasteiger partial charge in [-0.05, 0) is 55.9 Å². The predicted molar refractivity (Wildman–Crippen MR) is 68.5 cm³/mol. The van der Waals surface area contributed by atoms with Crippen LogP contribution in [0.1, 0.15) is 28.7 Å². The summed E-state index contributed by atoms with van der Waals surface area (Å²) >= 11 is 0. The first kappa shape index (κ1) is 13.5. The van der Waals surface area contributed by atoms with Gasteiger partial charge in [0.1, 0.15) is 5.75 Å². The van der Waals surface area contributed by atoms with Crippen LogP contribution < -0.4 is 4.74 Å². The lowest BCUT2D eigenvalue weighted by Gasteiger charge is -2.15. The van der Waals surface area contributed by atoms with Crippen LogP contribution in [-0.4, -0.2) is 19.7 Å². The molecule has 3 heteroatoms. The third-order valence-electron chi connectivity index (χ3n) is 3.12. The molecule has 1 rings (SSSR count). The van der Waals surface area contributed by atoms with E-state index in [9.17, 15) is 4.79 Å². The zero-order valence-corrected chi connectivity index (χ0v) is 11.0. The van der Waals surface area contributed by atoms with Gasteiger partial charge in [-0.25, -0.2) is 9.79 Å². The summed E-state index contributed by atoms with van der Waals surface area (Å²) in [5.41, 5.74) is 4.93. The lowest BCUT2D eigenvalue weighted by atomic mass is 9.96. The van der Waals surface area contributed by atoms with Crippen molar-refractivity contribution in [3.63, 3.8) is 0 Å². The van der Waals surface area contributed by atoms with Crippen LogP contribution in [0.2, 0.25) is 0 Å². The number of isocyanates is 1. The molecule has 0 aliphatic carbocycles. The molecule has 3 nitrogen and oxygen atoms in total. The summed E-state index contributed by atoms with van der Waals surface area (Å²) in [7, 11) is 1.70. The van der Waals surface area contributed by atoms with Crippen molar-refractivity contribution in [2.75, 3.05) is 13.7 Å². The molecular formula is C14H19NO2. The highest BCUT2D eigenvalue weighted by Crippen LogP contribution is 2.29. The Morgan fingerprint density at radius 2 is 2.00 bits per heavy atom. The van der Waals surface area contributed by atoms with E-state index in [0.717, 1.165) is 24.2 Å². The summed E-state index contributed by atoms with van der Waals surface area (Å²) in [6, 6.07) is 2.16. The van der Waals surface area contributed by atoms with Crippen LogP contribution in [-0.2, 0) is 11.2 Å². The van der Waals surface area contributed by atoms with Gasteiger partial charge in [-0.1, -0.05) is 6.07 Å². The van der Waals surface area contributed by atoms with Gasteiger partial charge in [0.2, 0.25) is 6.08 Å². The number of hydrogen-bond acceptors (Lipinski definition) is 3. The Labute approximate surface area is 103 Å². The van der Waals surface area contributed by atoms with Gasteiger partial charge in [-0.3, -0.25) is 0 Å². The molecule has 0 fully saturated rings. The summed E-state index contributed by atoms with van der Waals surface area (Å²) in [6.07, 6.45) is 3.37. The van der Waals surface area contributed by atoms with Crippen molar-refractivity contribution in [3.05, 3.63) is 28.3 Å². The molecule has 0 saturated heterocycles. The maximum absolute atomic E-state index is 9.97. The molecule has 0 aromatic heterocycles. The number of ether oxygens (including phenoxy) is 1. The van der Waals surface area contributed by atoms with Crippen molar-refractivity contribution >= 4 is 6.08 Å². The van der Waals surface area contributed by atoms with Crippen LogP contribution in [0.4, 0.5) is 0 Å². The maximum Gasteiger partial charge on any atom is 0.234 e. The third-order valence-corrected chi connectivity index (χ3v) is 3.12. The highest BCUT2D eigenvalue weighted by molar-refractivity contribution is 5.49. The number of carbonyl (C=O) groups excluding carboxylic acids is 1. The number of aliphatic imine (C=N–C) groups is 1. The van der Waals surface area contributed by atoms with Gasteiger partial charge in [0.15, 0.2) is 0 Å². The molecule has 92 valence electrons. The molecule has 0 aliphatic heterocycles. The van der Waals surface area contributed by atoms with Gasteiger partial charge in [0.25, 0.3) is 0 Å². The number of hydrogen-bond donors (Lipinski definition) is 0. The lowest BCUT2D eigenvalue weighted by Crippen LogP contribution is -2.00. The largest absolute Gasteiger partial charge is 0.496 e. The molecule has 0 radical (unpaired) electrons. The van der Waals surface area contributed by atoms with E-state index in [1.54, 1.807) is 13.2 Å². The molecule has 0 N–H and O–H groups in total. The fourth-order valence-electron chi connectivity index (χ4n) is 2.11. The van der Waals surface area contributed by atoms with E-state index in [1.165, 1.54) is 16.7 Å². The van der Waals surface area contributed by atoms with Crippen molar-refractivity contribution in [2.24, 2.45) is 4.99 Å².